The molecule has 184 valence electrons. The van der Waals surface area contributed by atoms with E-state index >= 15 is 0 Å². The van der Waals surface area contributed by atoms with Crippen molar-refractivity contribution >= 4 is 23.6 Å². The lowest BCUT2D eigenvalue weighted by Crippen LogP contribution is -2.44. The Morgan fingerprint density at radius 1 is 1.08 bits per heavy atom. The van der Waals surface area contributed by atoms with Crippen LogP contribution in [0.25, 0.3) is 11.5 Å². The van der Waals surface area contributed by atoms with Crippen molar-refractivity contribution in [2.45, 2.75) is 26.4 Å². The molecule has 0 spiro atoms. The zero-order chi connectivity index (χ0) is 25.2. The number of ether oxygens (including phenoxy) is 1. The average Bonchev–Trinajstić information content (AvgIpc) is 3.44. The van der Waals surface area contributed by atoms with Crippen LogP contribution in [0, 0.1) is 6.92 Å². The number of rotatable bonds is 5. The molecule has 1 N–H and O–H groups in total. The van der Waals surface area contributed by atoms with Crippen molar-refractivity contribution in [1.29, 1.82) is 0 Å². The number of nitrogens with one attached hydrogen (secondary N) is 1. The molecule has 8 nitrogen and oxygen atoms in total. The first-order chi connectivity index (χ1) is 17.5. The van der Waals surface area contributed by atoms with Gasteiger partial charge in [-0.25, -0.2) is 9.48 Å². The Hall–Kier alpha value is -4.04. The highest BCUT2D eigenvalue weighted by atomic mass is 35.5. The molecule has 5 rings (SSSR count). The molecule has 0 aliphatic carbocycles. The van der Waals surface area contributed by atoms with E-state index in [1.165, 1.54) is 0 Å². The number of carbonyl (C=O) groups excluding carboxylic acids is 2. The largest absolute Gasteiger partial charge is 0.465 e. The molecule has 0 saturated heterocycles. The lowest BCUT2D eigenvalue weighted by Gasteiger charge is -2.31. The second-order valence-corrected chi connectivity index (χ2v) is 8.92. The van der Waals surface area contributed by atoms with Gasteiger partial charge in [0.25, 0.3) is 0 Å². The van der Waals surface area contributed by atoms with E-state index in [1.807, 2.05) is 84.5 Å². The Morgan fingerprint density at radius 2 is 1.83 bits per heavy atom. The van der Waals surface area contributed by atoms with Gasteiger partial charge in [0, 0.05) is 16.8 Å². The summed E-state index contributed by atoms with van der Waals surface area (Å²) in [5.74, 6) is 0.388. The number of urea groups is 1. The molecule has 1 aliphatic heterocycles. The fourth-order valence-corrected chi connectivity index (χ4v) is 4.73. The topological polar surface area (TPSA) is 81.4 Å². The van der Waals surface area contributed by atoms with E-state index in [0.717, 1.165) is 34.0 Å². The molecule has 1 aliphatic rings. The summed E-state index contributed by atoms with van der Waals surface area (Å²) in [5, 5.41) is 8.18. The molecule has 0 bridgehead atoms. The quantitative estimate of drug-likeness (QED) is 0.396. The van der Waals surface area contributed by atoms with E-state index in [4.69, 9.17) is 21.4 Å². The minimum atomic E-state index is -0.485. The van der Waals surface area contributed by atoms with Crippen LogP contribution in [0.1, 0.15) is 35.5 Å². The Bertz CT molecular complexity index is 1390. The highest BCUT2D eigenvalue weighted by Gasteiger charge is 2.36. The van der Waals surface area contributed by atoms with Crippen molar-refractivity contribution in [2.75, 3.05) is 13.2 Å². The van der Waals surface area contributed by atoms with Crippen molar-refractivity contribution in [2.24, 2.45) is 0 Å². The van der Waals surface area contributed by atoms with Gasteiger partial charge in [0.2, 0.25) is 0 Å². The predicted molar refractivity (Wildman–Crippen MR) is 136 cm³/mol. The van der Waals surface area contributed by atoms with Gasteiger partial charge in [-0.3, -0.25) is 4.79 Å². The van der Waals surface area contributed by atoms with Crippen LogP contribution in [0.3, 0.4) is 0 Å². The maximum absolute atomic E-state index is 13.6. The number of amides is 2. The first kappa shape index (κ1) is 23.7. The van der Waals surface area contributed by atoms with Crippen LogP contribution in [0.4, 0.5) is 4.79 Å². The molecular weight excluding hydrogens is 478 g/mol. The number of fused-ring (bicyclic) bond motifs is 3. The third-order valence-corrected chi connectivity index (χ3v) is 6.47. The summed E-state index contributed by atoms with van der Waals surface area (Å²) in [5.41, 5.74) is 4.43. The van der Waals surface area contributed by atoms with Gasteiger partial charge < -0.3 is 19.5 Å². The summed E-state index contributed by atoms with van der Waals surface area (Å²) in [6, 6.07) is 20.5. The molecule has 4 aromatic rings. The predicted octanol–water partition coefficient (Wildman–Crippen LogP) is 4.80. The van der Waals surface area contributed by atoms with Crippen LogP contribution in [0.2, 0.25) is 5.02 Å². The zero-order valence-corrected chi connectivity index (χ0v) is 20.8. The lowest BCUT2D eigenvalue weighted by molar-refractivity contribution is -0.141. The van der Waals surface area contributed by atoms with Crippen LogP contribution in [-0.2, 0) is 16.1 Å². The summed E-state index contributed by atoms with van der Waals surface area (Å²) in [7, 11) is 0. The van der Waals surface area contributed by atoms with Crippen molar-refractivity contribution in [1.82, 2.24) is 24.6 Å². The number of hydrogen-bond acceptors (Lipinski definition) is 4. The molecular formula is C27H26ClN5O3. The van der Waals surface area contributed by atoms with Gasteiger partial charge in [0.05, 0.1) is 36.3 Å². The van der Waals surface area contributed by atoms with Crippen molar-refractivity contribution in [3.05, 3.63) is 100 Å². The highest BCUT2D eigenvalue weighted by Crippen LogP contribution is 2.38. The van der Waals surface area contributed by atoms with Crippen LogP contribution >= 0.6 is 11.6 Å². The van der Waals surface area contributed by atoms with Gasteiger partial charge in [-0.15, -0.1) is 0 Å². The molecule has 1 atom stereocenters. The number of benzene rings is 2. The van der Waals surface area contributed by atoms with Gasteiger partial charge in [-0.1, -0.05) is 41.9 Å². The maximum Gasteiger partial charge on any atom is 0.325 e. The summed E-state index contributed by atoms with van der Waals surface area (Å²) < 4.78 is 8.99. The number of aromatic nitrogens is 3. The summed E-state index contributed by atoms with van der Waals surface area (Å²) in [6.07, 6.45) is 1.98. The SMILES string of the molecule is CCOC(=O)CNC(=O)N1Cc2c(C)nn(-c3ccccc3)c2-n2cccc2C1c1ccc(Cl)cc1. The maximum atomic E-state index is 13.6. The monoisotopic (exact) mass is 503 g/mol. The highest BCUT2D eigenvalue weighted by molar-refractivity contribution is 6.30. The van der Waals surface area contributed by atoms with Gasteiger partial charge >= 0.3 is 12.0 Å². The fraction of sp³-hybridized carbons (Fsp3) is 0.222. The molecule has 36 heavy (non-hydrogen) atoms. The first-order valence-corrected chi connectivity index (χ1v) is 12.1. The fourth-order valence-electron chi connectivity index (χ4n) is 4.61. The van der Waals surface area contributed by atoms with E-state index in [-0.39, 0.29) is 25.7 Å². The number of nitrogens with zero attached hydrogens (tertiary/aromatic N) is 4. The number of halogens is 1. The third kappa shape index (κ3) is 4.35. The normalized spacial score (nSPS) is 14.5. The standard InChI is InChI=1S/C27H26ClN5O3/c1-3-36-24(34)16-29-27(35)32-17-22-18(2)30-33(21-8-5-4-6-9-21)26(22)31-15-7-10-23(31)25(32)19-11-13-20(28)14-12-19/h4-15,25H,3,16-17H2,1-2H3,(H,29,35). The lowest BCUT2D eigenvalue weighted by atomic mass is 10.0. The molecule has 0 fully saturated rings. The van der Waals surface area contributed by atoms with Gasteiger partial charge in [0.1, 0.15) is 12.4 Å². The molecule has 0 saturated carbocycles. The molecule has 3 heterocycles. The van der Waals surface area contributed by atoms with Crippen LogP contribution < -0.4 is 5.32 Å². The minimum absolute atomic E-state index is 0.216. The van der Waals surface area contributed by atoms with Crippen LogP contribution in [0.5, 0.6) is 0 Å². The number of esters is 1. The molecule has 1 unspecified atom stereocenters. The Morgan fingerprint density at radius 3 is 2.56 bits per heavy atom. The van der Waals surface area contributed by atoms with E-state index in [0.29, 0.717) is 5.02 Å². The van der Waals surface area contributed by atoms with Gasteiger partial charge in [-0.2, -0.15) is 5.10 Å². The van der Waals surface area contributed by atoms with Crippen LogP contribution in [0.15, 0.2) is 72.9 Å². The number of aryl methyl sites for hydroxylation is 1. The van der Waals surface area contributed by atoms with E-state index in [9.17, 15) is 9.59 Å². The van der Waals surface area contributed by atoms with Gasteiger partial charge in [0.15, 0.2) is 0 Å². The van der Waals surface area contributed by atoms with Crippen LogP contribution in [-0.4, -0.2) is 44.4 Å². The first-order valence-electron chi connectivity index (χ1n) is 11.7. The van der Waals surface area contributed by atoms with Crippen molar-refractivity contribution < 1.29 is 14.3 Å². The Balaban J connectivity index is 1.65. The summed E-state index contributed by atoms with van der Waals surface area (Å²) >= 11 is 6.18. The van der Waals surface area contributed by atoms with Crippen molar-refractivity contribution in [3.63, 3.8) is 0 Å². The average molecular weight is 504 g/mol. The second-order valence-electron chi connectivity index (χ2n) is 8.48. The Kier molecular flexibility index (Phi) is 6.52. The second kappa shape index (κ2) is 9.91. The van der Waals surface area contributed by atoms with E-state index in [1.54, 1.807) is 11.8 Å². The molecule has 9 heteroatoms. The molecule has 2 aromatic carbocycles. The van der Waals surface area contributed by atoms with E-state index < -0.39 is 12.0 Å². The number of carbonyl (C=O) groups is 2. The smallest absolute Gasteiger partial charge is 0.325 e. The molecule has 2 aromatic heterocycles. The van der Waals surface area contributed by atoms with Crippen molar-refractivity contribution in [3.8, 4) is 11.5 Å². The van der Waals surface area contributed by atoms with Gasteiger partial charge in [-0.05, 0) is 55.8 Å². The molecule has 2 amide bonds. The van der Waals surface area contributed by atoms with E-state index in [2.05, 4.69) is 9.88 Å². The molecule has 0 radical (unpaired) electrons. The number of para-hydroxylation sites is 1. The zero-order valence-electron chi connectivity index (χ0n) is 20.0. The summed E-state index contributed by atoms with van der Waals surface area (Å²) in [6.45, 7) is 4.00. The third-order valence-electron chi connectivity index (χ3n) is 6.22. The minimum Gasteiger partial charge on any atom is -0.465 e. The Labute approximate surface area is 214 Å². The number of hydrogen-bond donors (Lipinski definition) is 1. The summed E-state index contributed by atoms with van der Waals surface area (Å²) in [4.78, 5) is 27.3.